The highest BCUT2D eigenvalue weighted by atomic mass is 79.9. The predicted octanol–water partition coefficient (Wildman–Crippen LogP) is 5.46. The van der Waals surface area contributed by atoms with Crippen molar-refractivity contribution in [3.8, 4) is 23.0 Å². The van der Waals surface area contributed by atoms with Gasteiger partial charge in [0.05, 0.1) is 0 Å². The van der Waals surface area contributed by atoms with Crippen molar-refractivity contribution in [2.75, 3.05) is 0 Å². The third kappa shape index (κ3) is 3.45. The van der Waals surface area contributed by atoms with Gasteiger partial charge >= 0.3 is 0 Å². The molecule has 2 heterocycles. The SMILES string of the molecule is Brc1cc(-c2ccc(C#Cc3cccnc3)cc2)cc2ccncc12. The highest BCUT2D eigenvalue weighted by molar-refractivity contribution is 9.10. The van der Waals surface area contributed by atoms with Crippen LogP contribution in [-0.4, -0.2) is 9.97 Å². The van der Waals surface area contributed by atoms with Crippen LogP contribution >= 0.6 is 15.9 Å². The third-order valence-corrected chi connectivity index (χ3v) is 4.59. The van der Waals surface area contributed by atoms with Crippen molar-refractivity contribution in [3.63, 3.8) is 0 Å². The van der Waals surface area contributed by atoms with E-state index in [1.807, 2.05) is 42.7 Å². The molecule has 118 valence electrons. The number of aromatic nitrogens is 2. The molecule has 0 N–H and O–H groups in total. The second-order valence-corrected chi connectivity index (χ2v) is 6.48. The number of rotatable bonds is 1. The maximum absolute atomic E-state index is 4.18. The average molecular weight is 385 g/mol. The summed E-state index contributed by atoms with van der Waals surface area (Å²) in [6.45, 7) is 0. The van der Waals surface area contributed by atoms with E-state index in [1.165, 1.54) is 5.39 Å². The monoisotopic (exact) mass is 384 g/mol. The zero-order chi connectivity index (χ0) is 17.1. The topological polar surface area (TPSA) is 25.8 Å². The van der Waals surface area contributed by atoms with Gasteiger partial charge in [0.1, 0.15) is 0 Å². The first kappa shape index (κ1) is 15.6. The number of halogens is 1. The lowest BCUT2D eigenvalue weighted by atomic mass is 10.0. The quantitative estimate of drug-likeness (QED) is 0.407. The fraction of sp³-hybridized carbons (Fsp3) is 0. The number of fused-ring (bicyclic) bond motifs is 1. The molecule has 0 aliphatic heterocycles. The minimum absolute atomic E-state index is 0.915. The van der Waals surface area contributed by atoms with Gasteiger partial charge < -0.3 is 0 Å². The molecular formula is C22H13BrN2. The van der Waals surface area contributed by atoms with Crippen LogP contribution in [0.15, 0.2) is 83.9 Å². The maximum atomic E-state index is 4.18. The highest BCUT2D eigenvalue weighted by Crippen LogP contribution is 2.30. The molecular weight excluding hydrogens is 372 g/mol. The summed E-state index contributed by atoms with van der Waals surface area (Å²) in [6, 6.07) is 18.5. The van der Waals surface area contributed by atoms with Crippen LogP contribution in [0.2, 0.25) is 0 Å². The number of hydrogen-bond acceptors (Lipinski definition) is 2. The van der Waals surface area contributed by atoms with E-state index in [0.29, 0.717) is 0 Å². The molecule has 0 unspecified atom stereocenters. The molecule has 3 heteroatoms. The number of nitrogens with zero attached hydrogens (tertiary/aromatic N) is 2. The predicted molar refractivity (Wildman–Crippen MR) is 105 cm³/mol. The van der Waals surface area contributed by atoms with Gasteiger partial charge in [-0.1, -0.05) is 39.9 Å². The van der Waals surface area contributed by atoms with E-state index in [1.54, 1.807) is 12.4 Å². The molecule has 4 rings (SSSR count). The Balaban J connectivity index is 1.66. The number of hydrogen-bond donors (Lipinski definition) is 0. The van der Waals surface area contributed by atoms with Gasteiger partial charge in [-0.2, -0.15) is 0 Å². The summed E-state index contributed by atoms with van der Waals surface area (Å²) in [4.78, 5) is 8.26. The zero-order valence-corrected chi connectivity index (χ0v) is 14.9. The lowest BCUT2D eigenvalue weighted by Crippen LogP contribution is -1.83. The van der Waals surface area contributed by atoms with Crippen molar-refractivity contribution < 1.29 is 0 Å². The molecule has 0 amide bonds. The van der Waals surface area contributed by atoms with Gasteiger partial charge in [0.15, 0.2) is 0 Å². The molecule has 0 spiro atoms. The summed E-state index contributed by atoms with van der Waals surface area (Å²) in [7, 11) is 0. The number of benzene rings is 2. The van der Waals surface area contributed by atoms with Crippen LogP contribution in [0.5, 0.6) is 0 Å². The first-order valence-electron chi connectivity index (χ1n) is 7.85. The van der Waals surface area contributed by atoms with Crippen molar-refractivity contribution in [3.05, 3.63) is 95.0 Å². The molecule has 0 radical (unpaired) electrons. The van der Waals surface area contributed by atoms with E-state index in [9.17, 15) is 0 Å². The number of pyridine rings is 2. The second-order valence-electron chi connectivity index (χ2n) is 5.62. The lowest BCUT2D eigenvalue weighted by molar-refractivity contribution is 1.31. The molecule has 2 nitrogen and oxygen atoms in total. The summed E-state index contributed by atoms with van der Waals surface area (Å²) in [5, 5.41) is 2.28. The summed E-state index contributed by atoms with van der Waals surface area (Å²) < 4.78 is 1.05. The van der Waals surface area contributed by atoms with E-state index in [0.717, 1.165) is 32.1 Å². The Morgan fingerprint density at radius 3 is 2.32 bits per heavy atom. The normalized spacial score (nSPS) is 10.3. The van der Waals surface area contributed by atoms with Gasteiger partial charge in [-0.05, 0) is 59.0 Å². The van der Waals surface area contributed by atoms with Crippen LogP contribution in [0.25, 0.3) is 21.9 Å². The Hall–Kier alpha value is -2.96. The molecule has 0 atom stereocenters. The Bertz CT molecular complexity index is 1090. The van der Waals surface area contributed by atoms with Crippen LogP contribution < -0.4 is 0 Å². The summed E-state index contributed by atoms with van der Waals surface area (Å²) in [5.41, 5.74) is 4.22. The minimum Gasteiger partial charge on any atom is -0.264 e. The van der Waals surface area contributed by atoms with Gasteiger partial charge in [-0.15, -0.1) is 0 Å². The molecule has 0 aliphatic carbocycles. The minimum atomic E-state index is 0.915. The van der Waals surface area contributed by atoms with Crippen molar-refractivity contribution in [1.29, 1.82) is 0 Å². The largest absolute Gasteiger partial charge is 0.264 e. The van der Waals surface area contributed by atoms with Gasteiger partial charge in [0, 0.05) is 45.8 Å². The molecule has 4 aromatic rings. The van der Waals surface area contributed by atoms with E-state index >= 15 is 0 Å². The molecule has 2 aromatic heterocycles. The second kappa shape index (κ2) is 6.88. The van der Waals surface area contributed by atoms with Crippen LogP contribution in [0, 0.1) is 11.8 Å². The summed E-state index contributed by atoms with van der Waals surface area (Å²) in [6.07, 6.45) is 7.20. The van der Waals surface area contributed by atoms with Gasteiger partial charge in [0.25, 0.3) is 0 Å². The third-order valence-electron chi connectivity index (χ3n) is 3.94. The standard InChI is InChI=1S/C22H13BrN2/c23-22-13-20(12-19-9-11-25-15-21(19)22)18-7-5-16(6-8-18)3-4-17-2-1-10-24-14-17/h1-2,5-15H. The van der Waals surface area contributed by atoms with E-state index < -0.39 is 0 Å². The molecule has 2 aromatic carbocycles. The van der Waals surface area contributed by atoms with E-state index in [2.05, 4.69) is 62.0 Å². The van der Waals surface area contributed by atoms with Crippen molar-refractivity contribution in [2.45, 2.75) is 0 Å². The van der Waals surface area contributed by atoms with Crippen LogP contribution in [-0.2, 0) is 0 Å². The van der Waals surface area contributed by atoms with Crippen LogP contribution in [0.3, 0.4) is 0 Å². The maximum Gasteiger partial charge on any atom is 0.0432 e. The first-order chi connectivity index (χ1) is 12.3. The van der Waals surface area contributed by atoms with Crippen molar-refractivity contribution >= 4 is 26.7 Å². The molecule has 0 fully saturated rings. The zero-order valence-electron chi connectivity index (χ0n) is 13.3. The lowest BCUT2D eigenvalue weighted by Gasteiger charge is -2.06. The van der Waals surface area contributed by atoms with Crippen LogP contribution in [0.1, 0.15) is 11.1 Å². The van der Waals surface area contributed by atoms with E-state index in [4.69, 9.17) is 0 Å². The van der Waals surface area contributed by atoms with Gasteiger partial charge in [-0.3, -0.25) is 9.97 Å². The highest BCUT2D eigenvalue weighted by Gasteiger charge is 2.04. The van der Waals surface area contributed by atoms with Crippen molar-refractivity contribution in [2.24, 2.45) is 0 Å². The Morgan fingerprint density at radius 1 is 0.720 bits per heavy atom. The molecule has 25 heavy (non-hydrogen) atoms. The van der Waals surface area contributed by atoms with Crippen molar-refractivity contribution in [1.82, 2.24) is 9.97 Å². The first-order valence-corrected chi connectivity index (χ1v) is 8.65. The molecule has 0 aliphatic rings. The fourth-order valence-corrected chi connectivity index (χ4v) is 3.23. The Kier molecular flexibility index (Phi) is 4.28. The fourth-order valence-electron chi connectivity index (χ4n) is 2.65. The smallest absolute Gasteiger partial charge is 0.0432 e. The van der Waals surface area contributed by atoms with E-state index in [-0.39, 0.29) is 0 Å². The van der Waals surface area contributed by atoms with Gasteiger partial charge in [0.2, 0.25) is 0 Å². The van der Waals surface area contributed by atoms with Crippen LogP contribution in [0.4, 0.5) is 0 Å². The molecule has 0 bridgehead atoms. The summed E-state index contributed by atoms with van der Waals surface area (Å²) in [5.74, 6) is 6.30. The molecule has 0 saturated carbocycles. The Labute approximate surface area is 154 Å². The van der Waals surface area contributed by atoms with Gasteiger partial charge in [-0.25, -0.2) is 0 Å². The average Bonchev–Trinajstić information content (AvgIpc) is 2.68. The molecule has 0 saturated heterocycles. The Morgan fingerprint density at radius 2 is 1.52 bits per heavy atom. The summed E-state index contributed by atoms with van der Waals surface area (Å²) >= 11 is 3.64.